The fourth-order valence-corrected chi connectivity index (χ4v) is 3.67. The van der Waals surface area contributed by atoms with Crippen LogP contribution in [0.4, 0.5) is 4.39 Å². The number of thiophene rings is 1. The first-order valence-electron chi connectivity index (χ1n) is 8.08. The lowest BCUT2D eigenvalue weighted by atomic mass is 10.1. The van der Waals surface area contributed by atoms with E-state index in [2.05, 4.69) is 10.2 Å². The van der Waals surface area contributed by atoms with Gasteiger partial charge in [0.15, 0.2) is 0 Å². The van der Waals surface area contributed by atoms with Crippen molar-refractivity contribution in [2.24, 2.45) is 0 Å². The van der Waals surface area contributed by atoms with Crippen LogP contribution < -0.4 is 5.32 Å². The number of ether oxygens (including phenoxy) is 1. The van der Waals surface area contributed by atoms with Crippen LogP contribution in [0.2, 0.25) is 0 Å². The van der Waals surface area contributed by atoms with Gasteiger partial charge in [-0.15, -0.1) is 11.3 Å². The molecule has 1 N–H and O–H groups in total. The highest BCUT2D eigenvalue weighted by Gasteiger charge is 2.19. The fraction of sp³-hybridized carbons (Fsp3) is 0.389. The number of hydrogen-bond acceptors (Lipinski definition) is 4. The smallest absolute Gasteiger partial charge is 0.262 e. The van der Waals surface area contributed by atoms with E-state index in [1.165, 1.54) is 23.5 Å². The highest BCUT2D eigenvalue weighted by Crippen LogP contribution is 2.28. The molecule has 0 radical (unpaired) electrons. The Kier molecular flexibility index (Phi) is 5.60. The number of benzene rings is 1. The van der Waals surface area contributed by atoms with E-state index in [0.29, 0.717) is 4.88 Å². The number of carbonyl (C=O) groups is 1. The molecule has 1 saturated heterocycles. The van der Waals surface area contributed by atoms with Gasteiger partial charge < -0.3 is 10.1 Å². The summed E-state index contributed by atoms with van der Waals surface area (Å²) in [7, 11) is 0. The van der Waals surface area contributed by atoms with Gasteiger partial charge in [-0.25, -0.2) is 4.39 Å². The van der Waals surface area contributed by atoms with Gasteiger partial charge in [-0.2, -0.15) is 0 Å². The molecule has 0 bridgehead atoms. The van der Waals surface area contributed by atoms with E-state index in [1.807, 2.05) is 18.4 Å². The summed E-state index contributed by atoms with van der Waals surface area (Å²) < 4.78 is 18.4. The maximum absolute atomic E-state index is 13.1. The molecule has 1 aromatic heterocycles. The Labute approximate surface area is 145 Å². The second-order valence-corrected chi connectivity index (χ2v) is 6.87. The summed E-state index contributed by atoms with van der Waals surface area (Å²) in [5.74, 6) is -0.357. The summed E-state index contributed by atoms with van der Waals surface area (Å²) in [6.45, 7) is 6.13. The maximum Gasteiger partial charge on any atom is 0.262 e. The second kappa shape index (κ2) is 7.88. The molecule has 1 aliphatic rings. The molecule has 4 nitrogen and oxygen atoms in total. The third kappa shape index (κ3) is 4.20. The third-order valence-corrected chi connectivity index (χ3v) is 4.95. The Morgan fingerprint density at radius 3 is 2.71 bits per heavy atom. The number of carbonyl (C=O) groups excluding carboxylic acids is 1. The first-order valence-corrected chi connectivity index (χ1v) is 8.96. The van der Waals surface area contributed by atoms with Crippen molar-refractivity contribution in [2.45, 2.75) is 13.0 Å². The van der Waals surface area contributed by atoms with Crippen LogP contribution in [-0.2, 0) is 4.74 Å². The molecule has 0 aliphatic carbocycles. The molecule has 1 amide bonds. The van der Waals surface area contributed by atoms with E-state index in [-0.39, 0.29) is 17.8 Å². The van der Waals surface area contributed by atoms with Crippen molar-refractivity contribution in [3.8, 4) is 11.1 Å². The van der Waals surface area contributed by atoms with Gasteiger partial charge in [0.05, 0.1) is 18.1 Å². The van der Waals surface area contributed by atoms with Crippen LogP contribution in [0.25, 0.3) is 11.1 Å². The van der Waals surface area contributed by atoms with E-state index >= 15 is 0 Å². The Bertz CT molecular complexity index is 681. The van der Waals surface area contributed by atoms with Gasteiger partial charge in [0.25, 0.3) is 5.91 Å². The Morgan fingerprint density at radius 2 is 2.00 bits per heavy atom. The minimum Gasteiger partial charge on any atom is -0.379 e. The van der Waals surface area contributed by atoms with E-state index < -0.39 is 0 Å². The average Bonchev–Trinajstić information content (AvgIpc) is 3.06. The zero-order valence-electron chi connectivity index (χ0n) is 13.6. The largest absolute Gasteiger partial charge is 0.379 e. The molecule has 0 spiro atoms. The van der Waals surface area contributed by atoms with Crippen molar-refractivity contribution >= 4 is 17.2 Å². The molecular weight excluding hydrogens is 327 g/mol. The zero-order chi connectivity index (χ0) is 16.9. The van der Waals surface area contributed by atoms with E-state index in [9.17, 15) is 9.18 Å². The van der Waals surface area contributed by atoms with Crippen molar-refractivity contribution in [3.63, 3.8) is 0 Å². The summed E-state index contributed by atoms with van der Waals surface area (Å²) >= 11 is 1.41. The van der Waals surface area contributed by atoms with Crippen LogP contribution >= 0.6 is 11.3 Å². The summed E-state index contributed by atoms with van der Waals surface area (Å²) in [6.07, 6.45) is 0. The highest BCUT2D eigenvalue weighted by molar-refractivity contribution is 7.12. The molecule has 1 atom stereocenters. The van der Waals surface area contributed by atoms with Gasteiger partial charge in [-0.3, -0.25) is 9.69 Å². The SMILES string of the molecule is C[C@@H](CN1CCOCC1)NC(=O)c1sccc1-c1ccc(F)cc1. The van der Waals surface area contributed by atoms with Crippen LogP contribution in [0.5, 0.6) is 0 Å². The molecule has 3 rings (SSSR count). The van der Waals surface area contributed by atoms with Crippen LogP contribution in [0.1, 0.15) is 16.6 Å². The molecule has 0 unspecified atom stereocenters. The minimum absolute atomic E-state index is 0.0544. The number of rotatable bonds is 5. The van der Waals surface area contributed by atoms with Crippen LogP contribution in [0.15, 0.2) is 35.7 Å². The van der Waals surface area contributed by atoms with Gasteiger partial charge in [0.1, 0.15) is 5.82 Å². The third-order valence-electron chi connectivity index (χ3n) is 4.04. The van der Waals surface area contributed by atoms with Crippen molar-refractivity contribution in [1.29, 1.82) is 0 Å². The van der Waals surface area contributed by atoms with Crippen LogP contribution in [0.3, 0.4) is 0 Å². The summed E-state index contributed by atoms with van der Waals surface area (Å²) in [4.78, 5) is 15.6. The predicted octanol–water partition coefficient (Wildman–Crippen LogP) is 3.00. The quantitative estimate of drug-likeness (QED) is 0.903. The van der Waals surface area contributed by atoms with Gasteiger partial charge in [0.2, 0.25) is 0 Å². The van der Waals surface area contributed by atoms with Crippen LogP contribution in [0, 0.1) is 5.82 Å². The normalized spacial score (nSPS) is 16.8. The Balaban J connectivity index is 1.65. The fourth-order valence-electron chi connectivity index (χ4n) is 2.85. The number of nitrogens with one attached hydrogen (secondary N) is 1. The zero-order valence-corrected chi connectivity index (χ0v) is 14.4. The molecule has 6 heteroatoms. The Morgan fingerprint density at radius 1 is 1.29 bits per heavy atom. The molecule has 2 heterocycles. The lowest BCUT2D eigenvalue weighted by Gasteiger charge is -2.29. The molecule has 128 valence electrons. The van der Waals surface area contributed by atoms with Gasteiger partial charge >= 0.3 is 0 Å². The van der Waals surface area contributed by atoms with Gasteiger partial charge in [0, 0.05) is 31.2 Å². The standard InChI is InChI=1S/C18H21FN2O2S/c1-13(12-21-7-9-23-10-8-21)20-18(22)17-16(6-11-24-17)14-2-4-15(19)5-3-14/h2-6,11,13H,7-10,12H2,1H3,(H,20,22)/t13-/m0/s1. The van der Waals surface area contributed by atoms with E-state index in [4.69, 9.17) is 4.74 Å². The van der Waals surface area contributed by atoms with Crippen molar-refractivity contribution < 1.29 is 13.9 Å². The van der Waals surface area contributed by atoms with Gasteiger partial charge in [-0.05, 0) is 36.1 Å². The topological polar surface area (TPSA) is 41.6 Å². The number of halogens is 1. The molecule has 1 aromatic carbocycles. The molecule has 0 saturated carbocycles. The Hall–Kier alpha value is -1.76. The molecule has 2 aromatic rings. The molecule has 1 aliphatic heterocycles. The summed E-state index contributed by atoms with van der Waals surface area (Å²) in [5.41, 5.74) is 1.69. The van der Waals surface area contributed by atoms with E-state index in [1.54, 1.807) is 12.1 Å². The van der Waals surface area contributed by atoms with E-state index in [0.717, 1.165) is 44.0 Å². The van der Waals surface area contributed by atoms with Gasteiger partial charge in [-0.1, -0.05) is 12.1 Å². The molecular formula is C18H21FN2O2S. The number of morpholine rings is 1. The molecule has 24 heavy (non-hydrogen) atoms. The minimum atomic E-state index is -0.279. The first kappa shape index (κ1) is 17.1. The van der Waals surface area contributed by atoms with Crippen molar-refractivity contribution in [2.75, 3.05) is 32.8 Å². The van der Waals surface area contributed by atoms with Crippen molar-refractivity contribution in [3.05, 3.63) is 46.4 Å². The lowest BCUT2D eigenvalue weighted by Crippen LogP contribution is -2.45. The number of amides is 1. The number of nitrogens with zero attached hydrogens (tertiary/aromatic N) is 1. The number of hydrogen-bond donors (Lipinski definition) is 1. The second-order valence-electron chi connectivity index (χ2n) is 5.96. The lowest BCUT2D eigenvalue weighted by molar-refractivity contribution is 0.0342. The predicted molar refractivity (Wildman–Crippen MR) is 93.9 cm³/mol. The average molecular weight is 348 g/mol. The molecule has 1 fully saturated rings. The summed E-state index contributed by atoms with van der Waals surface area (Å²) in [5, 5.41) is 4.96. The monoisotopic (exact) mass is 348 g/mol. The highest BCUT2D eigenvalue weighted by atomic mass is 32.1. The summed E-state index contributed by atoms with van der Waals surface area (Å²) in [6, 6.07) is 8.18. The maximum atomic E-state index is 13.1. The van der Waals surface area contributed by atoms with Crippen LogP contribution in [-0.4, -0.2) is 49.7 Å². The first-order chi connectivity index (χ1) is 11.6. The van der Waals surface area contributed by atoms with Crippen molar-refractivity contribution in [1.82, 2.24) is 10.2 Å².